The summed E-state index contributed by atoms with van der Waals surface area (Å²) in [5.41, 5.74) is 5.94. The van der Waals surface area contributed by atoms with Crippen LogP contribution in [0.5, 0.6) is 5.75 Å². The molecular formula is C31H39NO2. The molecule has 1 aromatic heterocycles. The Morgan fingerprint density at radius 2 is 1.50 bits per heavy atom. The maximum Gasteiger partial charge on any atom is 0.343 e. The third-order valence-electron chi connectivity index (χ3n) is 6.35. The number of carbonyl (C=O) groups excluding carboxylic acids is 1. The van der Waals surface area contributed by atoms with Gasteiger partial charge in [0.1, 0.15) is 5.75 Å². The van der Waals surface area contributed by atoms with Crippen molar-refractivity contribution >= 4 is 5.97 Å². The van der Waals surface area contributed by atoms with E-state index in [-0.39, 0.29) is 5.97 Å². The van der Waals surface area contributed by atoms with Crippen molar-refractivity contribution in [2.45, 2.75) is 84.5 Å². The van der Waals surface area contributed by atoms with Crippen LogP contribution < -0.4 is 4.74 Å². The summed E-state index contributed by atoms with van der Waals surface area (Å²) in [7, 11) is 0. The fourth-order valence-electron chi connectivity index (χ4n) is 4.09. The topological polar surface area (TPSA) is 39.2 Å². The van der Waals surface area contributed by atoms with Crippen molar-refractivity contribution in [3.63, 3.8) is 0 Å². The van der Waals surface area contributed by atoms with E-state index in [0.29, 0.717) is 11.3 Å². The van der Waals surface area contributed by atoms with Gasteiger partial charge in [0.05, 0.1) is 5.56 Å². The molecule has 0 bridgehead atoms. The number of ether oxygens (including phenoxy) is 1. The van der Waals surface area contributed by atoms with Crippen LogP contribution in [-0.2, 0) is 25.7 Å². The van der Waals surface area contributed by atoms with Crippen LogP contribution in [0.4, 0.5) is 0 Å². The molecule has 34 heavy (non-hydrogen) atoms. The van der Waals surface area contributed by atoms with Crippen molar-refractivity contribution in [1.29, 1.82) is 0 Å². The van der Waals surface area contributed by atoms with Gasteiger partial charge in [-0.15, -0.1) is 0 Å². The number of esters is 1. The van der Waals surface area contributed by atoms with Crippen molar-refractivity contribution in [3.8, 4) is 5.75 Å². The highest BCUT2D eigenvalue weighted by molar-refractivity contribution is 5.91. The van der Waals surface area contributed by atoms with Crippen molar-refractivity contribution in [2.24, 2.45) is 0 Å². The Morgan fingerprint density at radius 1 is 0.794 bits per heavy atom. The van der Waals surface area contributed by atoms with E-state index in [0.717, 1.165) is 19.3 Å². The van der Waals surface area contributed by atoms with E-state index in [9.17, 15) is 4.79 Å². The summed E-state index contributed by atoms with van der Waals surface area (Å²) in [4.78, 5) is 16.3. The molecule has 0 unspecified atom stereocenters. The molecule has 1 heterocycles. The maximum atomic E-state index is 12.2. The van der Waals surface area contributed by atoms with Crippen LogP contribution >= 0.6 is 0 Å². The van der Waals surface area contributed by atoms with E-state index >= 15 is 0 Å². The molecule has 4 rings (SSSR count). The summed E-state index contributed by atoms with van der Waals surface area (Å²) in [6.07, 6.45) is 17.2. The molecule has 1 aliphatic carbocycles. The number of hydrogen-bond donors (Lipinski definition) is 0. The van der Waals surface area contributed by atoms with Gasteiger partial charge in [-0.1, -0.05) is 70.2 Å². The van der Waals surface area contributed by atoms with Gasteiger partial charge in [0.2, 0.25) is 0 Å². The Bertz CT molecular complexity index is 996. The minimum absolute atomic E-state index is 0.276. The highest BCUT2D eigenvalue weighted by atomic mass is 16.5. The summed E-state index contributed by atoms with van der Waals surface area (Å²) >= 11 is 0. The Balaban J connectivity index is 0.000000248. The minimum Gasteiger partial charge on any atom is -0.423 e. The Morgan fingerprint density at radius 3 is 2.15 bits per heavy atom. The lowest BCUT2D eigenvalue weighted by atomic mass is 9.89. The number of fused-ring (bicyclic) bond motifs is 1. The summed E-state index contributed by atoms with van der Waals surface area (Å²) < 4.78 is 5.48. The van der Waals surface area contributed by atoms with Crippen LogP contribution in [0.2, 0.25) is 0 Å². The lowest BCUT2D eigenvalue weighted by Crippen LogP contribution is -2.11. The van der Waals surface area contributed by atoms with Gasteiger partial charge in [-0.3, -0.25) is 4.98 Å². The third-order valence-corrected chi connectivity index (χ3v) is 6.35. The first-order valence-electron chi connectivity index (χ1n) is 13.0. The number of carbonyl (C=O) groups is 1. The normalized spacial score (nSPS) is 11.6. The fourth-order valence-corrected chi connectivity index (χ4v) is 4.09. The van der Waals surface area contributed by atoms with E-state index in [1.165, 1.54) is 73.6 Å². The summed E-state index contributed by atoms with van der Waals surface area (Å²) in [5.74, 6) is 0.374. The highest BCUT2D eigenvalue weighted by Gasteiger charge is 2.15. The predicted octanol–water partition coefficient (Wildman–Crippen LogP) is 7.94. The fraction of sp³-hybridized carbons (Fsp3) is 0.419. The van der Waals surface area contributed by atoms with E-state index in [1.54, 1.807) is 0 Å². The molecule has 3 aromatic rings. The zero-order valence-corrected chi connectivity index (χ0v) is 20.9. The van der Waals surface area contributed by atoms with E-state index < -0.39 is 0 Å². The van der Waals surface area contributed by atoms with Crippen molar-refractivity contribution < 1.29 is 9.53 Å². The van der Waals surface area contributed by atoms with Gasteiger partial charge in [-0.2, -0.15) is 0 Å². The lowest BCUT2D eigenvalue weighted by Gasteiger charge is -2.18. The molecular weight excluding hydrogens is 418 g/mol. The van der Waals surface area contributed by atoms with Gasteiger partial charge >= 0.3 is 5.97 Å². The first-order valence-corrected chi connectivity index (χ1v) is 13.0. The predicted molar refractivity (Wildman–Crippen MR) is 141 cm³/mol. The molecule has 0 atom stereocenters. The van der Waals surface area contributed by atoms with Gasteiger partial charge in [0.25, 0.3) is 0 Å². The second kappa shape index (κ2) is 14.3. The molecule has 2 aromatic carbocycles. The second-order valence-corrected chi connectivity index (χ2v) is 9.15. The molecule has 0 amide bonds. The standard InChI is InChI=1S/C21H24O2.C10H15N/c1-2-3-4-5-6-16-7-9-18(10-8-16)21(22)23-20-14-13-17-11-12-19(17)15-20;1-2-3-4-6-10-7-5-8-11-9-10/h7-10,13-15H,2-6,11-12H2,1H3;5,7-9H,2-4,6H2,1H3. The maximum absolute atomic E-state index is 12.2. The smallest absolute Gasteiger partial charge is 0.343 e. The molecule has 0 saturated carbocycles. The van der Waals surface area contributed by atoms with E-state index in [4.69, 9.17) is 4.74 Å². The van der Waals surface area contributed by atoms with Crippen LogP contribution in [0.15, 0.2) is 67.0 Å². The molecule has 0 radical (unpaired) electrons. The summed E-state index contributed by atoms with van der Waals surface area (Å²) in [6.45, 7) is 4.45. The van der Waals surface area contributed by atoms with Crippen LogP contribution in [0, 0.1) is 0 Å². The van der Waals surface area contributed by atoms with Crippen molar-refractivity contribution in [2.75, 3.05) is 0 Å². The number of aromatic nitrogens is 1. The molecule has 0 N–H and O–H groups in total. The van der Waals surface area contributed by atoms with Crippen LogP contribution in [-0.4, -0.2) is 11.0 Å². The van der Waals surface area contributed by atoms with E-state index in [2.05, 4.69) is 31.0 Å². The number of aryl methyl sites for hydroxylation is 4. The number of rotatable bonds is 11. The molecule has 1 aliphatic rings. The average molecular weight is 458 g/mol. The Labute approximate surface area is 205 Å². The first-order chi connectivity index (χ1) is 16.7. The molecule has 0 aliphatic heterocycles. The minimum atomic E-state index is -0.276. The quantitative estimate of drug-likeness (QED) is 0.167. The van der Waals surface area contributed by atoms with Gasteiger partial charge < -0.3 is 4.74 Å². The second-order valence-electron chi connectivity index (χ2n) is 9.15. The molecule has 3 nitrogen and oxygen atoms in total. The van der Waals surface area contributed by atoms with Crippen molar-refractivity contribution in [1.82, 2.24) is 4.98 Å². The first kappa shape index (κ1) is 25.7. The van der Waals surface area contributed by atoms with Gasteiger partial charge in [0.15, 0.2) is 0 Å². The number of hydrogen-bond acceptors (Lipinski definition) is 3. The van der Waals surface area contributed by atoms with Gasteiger partial charge in [-0.05, 0) is 91.1 Å². The van der Waals surface area contributed by atoms with Crippen LogP contribution in [0.1, 0.15) is 91.4 Å². The average Bonchev–Trinajstić information content (AvgIpc) is 2.85. The molecule has 0 saturated heterocycles. The Hall–Kier alpha value is -2.94. The number of benzene rings is 2. The third kappa shape index (κ3) is 8.44. The largest absolute Gasteiger partial charge is 0.423 e. The van der Waals surface area contributed by atoms with Gasteiger partial charge in [0, 0.05) is 12.4 Å². The molecule has 0 fully saturated rings. The summed E-state index contributed by atoms with van der Waals surface area (Å²) in [5, 5.41) is 0. The van der Waals surface area contributed by atoms with Gasteiger partial charge in [-0.25, -0.2) is 4.79 Å². The zero-order valence-electron chi connectivity index (χ0n) is 20.9. The Kier molecular flexibility index (Phi) is 10.8. The molecule has 0 spiro atoms. The highest BCUT2D eigenvalue weighted by Crippen LogP contribution is 2.27. The number of pyridine rings is 1. The van der Waals surface area contributed by atoms with E-state index in [1.807, 2.05) is 54.9 Å². The van der Waals surface area contributed by atoms with Crippen molar-refractivity contribution in [3.05, 3.63) is 94.8 Å². The zero-order chi connectivity index (χ0) is 24.0. The SMILES string of the molecule is CCCCCCc1ccc(C(=O)Oc2ccc3c(c2)CC3)cc1.CCCCCc1cccnc1. The lowest BCUT2D eigenvalue weighted by molar-refractivity contribution is 0.0734. The van der Waals surface area contributed by atoms with Crippen LogP contribution in [0.3, 0.4) is 0 Å². The molecule has 180 valence electrons. The number of unbranched alkanes of at least 4 members (excludes halogenated alkanes) is 5. The van der Waals surface area contributed by atoms with Crippen LogP contribution in [0.25, 0.3) is 0 Å². The number of nitrogens with zero attached hydrogens (tertiary/aromatic N) is 1. The monoisotopic (exact) mass is 457 g/mol. The molecule has 3 heteroatoms. The summed E-state index contributed by atoms with van der Waals surface area (Å²) in [6, 6.07) is 17.9.